The van der Waals surface area contributed by atoms with Gasteiger partial charge >= 0.3 is 5.97 Å². The predicted molar refractivity (Wildman–Crippen MR) is 99.2 cm³/mol. The van der Waals surface area contributed by atoms with Crippen LogP contribution in [-0.4, -0.2) is 17.6 Å². The number of benzene rings is 2. The number of aromatic nitrogens is 1. The van der Waals surface area contributed by atoms with Crippen molar-refractivity contribution in [1.29, 1.82) is 0 Å². The lowest BCUT2D eigenvalue weighted by atomic mass is 9.97. The zero-order valence-electron chi connectivity index (χ0n) is 14.4. The SMILES string of the molecule is COC(=O)c1ccccc1-n1c(-c2ccccc2)cc2c1CCCC2. The van der Waals surface area contributed by atoms with E-state index in [1.165, 1.54) is 31.2 Å². The highest BCUT2D eigenvalue weighted by atomic mass is 16.5. The second-order valence-electron chi connectivity index (χ2n) is 6.42. The van der Waals surface area contributed by atoms with Crippen LogP contribution in [0.3, 0.4) is 0 Å². The molecule has 1 aromatic heterocycles. The summed E-state index contributed by atoms with van der Waals surface area (Å²) < 4.78 is 7.27. The summed E-state index contributed by atoms with van der Waals surface area (Å²) in [5, 5.41) is 0. The zero-order chi connectivity index (χ0) is 17.2. The standard InChI is InChI=1S/C22H21NO2/c1-25-22(24)18-12-6-8-14-20(18)23-19-13-7-5-11-17(19)15-21(23)16-9-3-2-4-10-16/h2-4,6,8-10,12,14-15H,5,7,11,13H2,1H3. The van der Waals surface area contributed by atoms with Gasteiger partial charge in [-0.3, -0.25) is 0 Å². The molecular weight excluding hydrogens is 310 g/mol. The highest BCUT2D eigenvalue weighted by Gasteiger charge is 2.23. The summed E-state index contributed by atoms with van der Waals surface area (Å²) in [5.74, 6) is -0.298. The molecule has 126 valence electrons. The average molecular weight is 331 g/mol. The summed E-state index contributed by atoms with van der Waals surface area (Å²) in [7, 11) is 1.43. The van der Waals surface area contributed by atoms with Crippen molar-refractivity contribution in [2.75, 3.05) is 7.11 Å². The Morgan fingerprint density at radius 2 is 1.68 bits per heavy atom. The van der Waals surface area contributed by atoms with E-state index in [0.29, 0.717) is 5.56 Å². The maximum atomic E-state index is 12.3. The third-order valence-corrected chi connectivity index (χ3v) is 4.92. The lowest BCUT2D eigenvalue weighted by molar-refractivity contribution is 0.0601. The summed E-state index contributed by atoms with van der Waals surface area (Å²) in [4.78, 5) is 12.3. The van der Waals surface area contributed by atoms with E-state index in [2.05, 4.69) is 34.9 Å². The first-order valence-electron chi connectivity index (χ1n) is 8.76. The Bertz CT molecular complexity index is 909. The minimum atomic E-state index is -0.298. The maximum absolute atomic E-state index is 12.3. The van der Waals surface area contributed by atoms with Crippen LogP contribution in [0.1, 0.15) is 34.5 Å². The molecule has 0 bridgehead atoms. The molecule has 1 aliphatic rings. The fraction of sp³-hybridized carbons (Fsp3) is 0.227. The molecule has 0 fully saturated rings. The van der Waals surface area contributed by atoms with Crippen LogP contribution in [0, 0.1) is 0 Å². The van der Waals surface area contributed by atoms with Gasteiger partial charge in [0.05, 0.1) is 24.1 Å². The normalized spacial score (nSPS) is 13.3. The molecule has 1 heterocycles. The maximum Gasteiger partial charge on any atom is 0.339 e. The molecule has 25 heavy (non-hydrogen) atoms. The third kappa shape index (κ3) is 2.76. The second kappa shape index (κ2) is 6.60. The molecule has 0 N–H and O–H groups in total. The number of hydrogen-bond donors (Lipinski definition) is 0. The van der Waals surface area contributed by atoms with E-state index in [0.717, 1.165) is 29.8 Å². The largest absolute Gasteiger partial charge is 0.465 e. The third-order valence-electron chi connectivity index (χ3n) is 4.92. The van der Waals surface area contributed by atoms with E-state index in [4.69, 9.17) is 4.74 Å². The van der Waals surface area contributed by atoms with E-state index >= 15 is 0 Å². The molecule has 2 aromatic carbocycles. The Balaban J connectivity index is 1.99. The van der Waals surface area contributed by atoms with Crippen molar-refractivity contribution in [2.24, 2.45) is 0 Å². The Morgan fingerprint density at radius 1 is 0.960 bits per heavy atom. The van der Waals surface area contributed by atoms with Crippen LogP contribution in [0.2, 0.25) is 0 Å². The Morgan fingerprint density at radius 3 is 2.48 bits per heavy atom. The first kappa shape index (κ1) is 15.7. The number of aryl methyl sites for hydroxylation is 1. The van der Waals surface area contributed by atoms with E-state index in [1.54, 1.807) is 0 Å². The fourth-order valence-corrected chi connectivity index (χ4v) is 3.75. The smallest absolute Gasteiger partial charge is 0.339 e. The van der Waals surface area contributed by atoms with Crippen molar-refractivity contribution in [2.45, 2.75) is 25.7 Å². The number of methoxy groups -OCH3 is 1. The summed E-state index contributed by atoms with van der Waals surface area (Å²) in [6.07, 6.45) is 4.55. The van der Waals surface area contributed by atoms with E-state index in [-0.39, 0.29) is 5.97 Å². The molecule has 0 atom stereocenters. The predicted octanol–water partition coefficient (Wildman–Crippen LogP) is 4.81. The minimum absolute atomic E-state index is 0.298. The van der Waals surface area contributed by atoms with Crippen molar-refractivity contribution < 1.29 is 9.53 Å². The van der Waals surface area contributed by atoms with Gasteiger partial charge in [0.25, 0.3) is 0 Å². The molecule has 0 amide bonds. The van der Waals surface area contributed by atoms with E-state index < -0.39 is 0 Å². The van der Waals surface area contributed by atoms with Gasteiger partial charge in [-0.2, -0.15) is 0 Å². The molecule has 0 radical (unpaired) electrons. The number of nitrogens with zero attached hydrogens (tertiary/aromatic N) is 1. The lowest BCUT2D eigenvalue weighted by Crippen LogP contribution is -2.12. The summed E-state index contributed by atoms with van der Waals surface area (Å²) in [5.41, 5.74) is 6.52. The van der Waals surface area contributed by atoms with Gasteiger partial charge in [0.2, 0.25) is 0 Å². The Hall–Kier alpha value is -2.81. The topological polar surface area (TPSA) is 31.2 Å². The van der Waals surface area contributed by atoms with E-state index in [1.807, 2.05) is 30.3 Å². The molecule has 0 saturated heterocycles. The highest BCUT2D eigenvalue weighted by molar-refractivity contribution is 5.94. The molecule has 0 saturated carbocycles. The van der Waals surface area contributed by atoms with Gasteiger partial charge in [-0.1, -0.05) is 42.5 Å². The number of esters is 1. The number of carbonyl (C=O) groups excluding carboxylic acids is 1. The van der Waals surface area contributed by atoms with Crippen LogP contribution in [0.25, 0.3) is 16.9 Å². The number of hydrogen-bond acceptors (Lipinski definition) is 2. The molecule has 0 aliphatic heterocycles. The lowest BCUT2D eigenvalue weighted by Gasteiger charge is -2.19. The van der Waals surface area contributed by atoms with Crippen LogP contribution in [0.5, 0.6) is 0 Å². The van der Waals surface area contributed by atoms with Gasteiger partial charge in [-0.05, 0) is 55.0 Å². The van der Waals surface area contributed by atoms with Crippen molar-refractivity contribution in [1.82, 2.24) is 4.57 Å². The van der Waals surface area contributed by atoms with Gasteiger partial charge in [0, 0.05) is 5.69 Å². The molecule has 3 aromatic rings. The van der Waals surface area contributed by atoms with Crippen LogP contribution in [0.15, 0.2) is 60.7 Å². The number of fused-ring (bicyclic) bond motifs is 1. The van der Waals surface area contributed by atoms with Crippen molar-refractivity contribution in [3.05, 3.63) is 77.5 Å². The zero-order valence-corrected chi connectivity index (χ0v) is 14.4. The van der Waals surface area contributed by atoms with Crippen molar-refractivity contribution in [3.8, 4) is 16.9 Å². The number of para-hydroxylation sites is 1. The Labute approximate surface area is 147 Å². The van der Waals surface area contributed by atoms with Gasteiger partial charge in [-0.25, -0.2) is 4.79 Å². The summed E-state index contributed by atoms with van der Waals surface area (Å²) in [6.45, 7) is 0. The molecule has 3 heteroatoms. The molecular formula is C22H21NO2. The van der Waals surface area contributed by atoms with Crippen LogP contribution in [-0.2, 0) is 17.6 Å². The molecule has 0 unspecified atom stereocenters. The molecule has 1 aliphatic carbocycles. The summed E-state index contributed by atoms with van der Waals surface area (Å²) in [6, 6.07) is 20.4. The van der Waals surface area contributed by atoms with Crippen LogP contribution >= 0.6 is 0 Å². The highest BCUT2D eigenvalue weighted by Crippen LogP contribution is 2.34. The van der Waals surface area contributed by atoms with Crippen LogP contribution in [0.4, 0.5) is 0 Å². The van der Waals surface area contributed by atoms with Gasteiger partial charge in [-0.15, -0.1) is 0 Å². The fourth-order valence-electron chi connectivity index (χ4n) is 3.75. The summed E-state index contributed by atoms with van der Waals surface area (Å²) >= 11 is 0. The quantitative estimate of drug-likeness (QED) is 0.645. The molecule has 0 spiro atoms. The average Bonchev–Trinajstić information content (AvgIpc) is 3.07. The number of carbonyl (C=O) groups is 1. The van der Waals surface area contributed by atoms with E-state index in [9.17, 15) is 4.79 Å². The van der Waals surface area contributed by atoms with Gasteiger partial charge in [0.1, 0.15) is 0 Å². The second-order valence-corrected chi connectivity index (χ2v) is 6.42. The van der Waals surface area contributed by atoms with Gasteiger partial charge < -0.3 is 9.30 Å². The first-order valence-corrected chi connectivity index (χ1v) is 8.76. The van der Waals surface area contributed by atoms with Gasteiger partial charge in [0.15, 0.2) is 0 Å². The van der Waals surface area contributed by atoms with Crippen molar-refractivity contribution in [3.63, 3.8) is 0 Å². The monoisotopic (exact) mass is 331 g/mol. The van der Waals surface area contributed by atoms with Crippen molar-refractivity contribution >= 4 is 5.97 Å². The molecule has 3 nitrogen and oxygen atoms in total. The van der Waals surface area contributed by atoms with Crippen LogP contribution < -0.4 is 0 Å². The number of rotatable bonds is 3. The minimum Gasteiger partial charge on any atom is -0.465 e. The molecule has 4 rings (SSSR count). The number of ether oxygens (including phenoxy) is 1. The Kier molecular flexibility index (Phi) is 4.14. The first-order chi connectivity index (χ1) is 12.3.